The molecule has 1 aromatic rings. The summed E-state index contributed by atoms with van der Waals surface area (Å²) in [6.07, 6.45) is 2.74. The first-order valence-electron chi connectivity index (χ1n) is 6.52. The molecule has 1 aromatic carbocycles. The maximum absolute atomic E-state index is 9.11. The van der Waals surface area contributed by atoms with E-state index >= 15 is 0 Å². The van der Waals surface area contributed by atoms with Crippen LogP contribution in [0.1, 0.15) is 38.7 Å². The first-order valence-corrected chi connectivity index (χ1v) is 8.11. The van der Waals surface area contributed by atoms with Gasteiger partial charge >= 0.3 is 0 Å². The lowest BCUT2D eigenvalue weighted by Crippen LogP contribution is -2.08. The quantitative estimate of drug-likeness (QED) is 0.663. The molecule has 0 aliphatic heterocycles. The molecule has 1 rings (SSSR count). The van der Waals surface area contributed by atoms with Crippen molar-refractivity contribution < 1.29 is 9.84 Å². The average molecular weight is 405 g/mol. The van der Waals surface area contributed by atoms with Crippen molar-refractivity contribution in [3.63, 3.8) is 0 Å². The third-order valence-electron chi connectivity index (χ3n) is 2.99. The minimum Gasteiger partial charge on any atom is -0.491 e. The Morgan fingerprint density at radius 1 is 1.25 bits per heavy atom. The number of hydrogen-bond acceptors (Lipinski definition) is 3. The van der Waals surface area contributed by atoms with E-state index in [0.717, 1.165) is 39.5 Å². The molecule has 0 aliphatic carbocycles. The van der Waals surface area contributed by atoms with Crippen molar-refractivity contribution in [2.24, 2.45) is 5.41 Å². The third kappa shape index (κ3) is 5.43. The number of nitrogens with zero attached hydrogens (tertiary/aromatic N) is 1. The second-order valence-electron chi connectivity index (χ2n) is 5.35. The van der Waals surface area contributed by atoms with Crippen LogP contribution in [0, 0.1) is 16.7 Å². The van der Waals surface area contributed by atoms with Gasteiger partial charge in [0.25, 0.3) is 0 Å². The second kappa shape index (κ2) is 8.02. The summed E-state index contributed by atoms with van der Waals surface area (Å²) in [6.45, 7) is 4.52. The molecule has 0 saturated carbocycles. The fourth-order valence-corrected chi connectivity index (χ4v) is 3.25. The normalized spacial score (nSPS) is 11.2. The van der Waals surface area contributed by atoms with Crippen LogP contribution >= 0.6 is 31.9 Å². The maximum atomic E-state index is 9.11. The number of nitriles is 1. The van der Waals surface area contributed by atoms with Crippen molar-refractivity contribution in [1.29, 1.82) is 5.26 Å². The summed E-state index contributed by atoms with van der Waals surface area (Å²) in [5, 5.41) is 18.1. The molecule has 0 bridgehead atoms. The van der Waals surface area contributed by atoms with Crippen LogP contribution in [0.5, 0.6) is 5.75 Å². The van der Waals surface area contributed by atoms with Gasteiger partial charge in [-0.05, 0) is 82.7 Å². The third-order valence-corrected chi connectivity index (χ3v) is 4.16. The molecular formula is C15H19Br2NO2. The van der Waals surface area contributed by atoms with Gasteiger partial charge in [0.05, 0.1) is 33.6 Å². The Labute approximate surface area is 137 Å². The summed E-state index contributed by atoms with van der Waals surface area (Å²) in [5.74, 6) is 0.752. The fourth-order valence-electron chi connectivity index (χ4n) is 1.74. The van der Waals surface area contributed by atoms with E-state index in [1.54, 1.807) is 0 Å². The van der Waals surface area contributed by atoms with Crippen LogP contribution in [0.25, 0.3) is 0 Å². The Hall–Kier alpha value is -0.570. The van der Waals surface area contributed by atoms with Gasteiger partial charge in [0, 0.05) is 0 Å². The molecule has 0 spiro atoms. The molecule has 5 heteroatoms. The zero-order chi connectivity index (χ0) is 15.2. The first kappa shape index (κ1) is 17.5. The Morgan fingerprint density at radius 3 is 2.35 bits per heavy atom. The zero-order valence-corrected chi connectivity index (χ0v) is 14.9. The summed E-state index contributed by atoms with van der Waals surface area (Å²) in [6, 6.07) is 5.99. The minimum atomic E-state index is -0.260. The largest absolute Gasteiger partial charge is 0.491 e. The number of hydrogen-bond donors (Lipinski definition) is 1. The molecule has 0 atom stereocenters. The predicted octanol–water partition coefficient (Wildman–Crippen LogP) is 4.80. The van der Waals surface area contributed by atoms with E-state index in [2.05, 4.69) is 37.9 Å². The van der Waals surface area contributed by atoms with Crippen LogP contribution in [0.2, 0.25) is 0 Å². The molecule has 1 N–H and O–H groups in total. The molecule has 0 amide bonds. The van der Waals surface area contributed by atoms with Crippen molar-refractivity contribution >= 4 is 31.9 Å². The van der Waals surface area contributed by atoms with E-state index in [1.807, 2.05) is 26.0 Å². The molecule has 0 heterocycles. The summed E-state index contributed by atoms with van der Waals surface area (Å²) in [7, 11) is 0. The Bertz CT molecular complexity index is 472. The van der Waals surface area contributed by atoms with Gasteiger partial charge in [-0.1, -0.05) is 0 Å². The van der Waals surface area contributed by atoms with Crippen molar-refractivity contribution in [3.8, 4) is 11.8 Å². The molecule has 0 fully saturated rings. The van der Waals surface area contributed by atoms with E-state index in [-0.39, 0.29) is 12.0 Å². The summed E-state index contributed by atoms with van der Waals surface area (Å²) in [5.41, 5.74) is 0.566. The highest BCUT2D eigenvalue weighted by molar-refractivity contribution is 9.11. The van der Waals surface area contributed by atoms with E-state index < -0.39 is 0 Å². The monoisotopic (exact) mass is 403 g/mol. The van der Waals surface area contributed by atoms with Gasteiger partial charge in [-0.3, -0.25) is 0 Å². The van der Waals surface area contributed by atoms with E-state index in [0.29, 0.717) is 6.61 Å². The Kier molecular flexibility index (Phi) is 7.01. The topological polar surface area (TPSA) is 53.2 Å². The highest BCUT2D eigenvalue weighted by Crippen LogP contribution is 2.35. The van der Waals surface area contributed by atoms with Gasteiger partial charge in [-0.2, -0.15) is 5.26 Å². The summed E-state index contributed by atoms with van der Waals surface area (Å²) < 4.78 is 7.41. The number of benzene rings is 1. The van der Waals surface area contributed by atoms with Crippen molar-refractivity contribution in [2.45, 2.75) is 39.7 Å². The predicted molar refractivity (Wildman–Crippen MR) is 86.5 cm³/mol. The summed E-state index contributed by atoms with van der Waals surface area (Å²) >= 11 is 6.88. The van der Waals surface area contributed by atoms with E-state index in [1.165, 1.54) is 0 Å². The van der Waals surface area contributed by atoms with Gasteiger partial charge in [0.1, 0.15) is 5.75 Å². The van der Waals surface area contributed by atoms with Crippen LogP contribution in [0.4, 0.5) is 0 Å². The summed E-state index contributed by atoms with van der Waals surface area (Å²) in [4.78, 5) is 0. The zero-order valence-electron chi connectivity index (χ0n) is 11.7. The molecular weight excluding hydrogens is 386 g/mol. The van der Waals surface area contributed by atoms with Crippen LogP contribution in [-0.4, -0.2) is 11.7 Å². The van der Waals surface area contributed by atoms with Crippen LogP contribution in [0.15, 0.2) is 21.1 Å². The number of ether oxygens (including phenoxy) is 1. The van der Waals surface area contributed by atoms with Crippen molar-refractivity contribution in [3.05, 3.63) is 26.6 Å². The SMILES string of the molecule is CC(C)(C#N)CCCCOc1c(Br)cc(CO)cc1Br. The number of halogens is 2. The van der Waals surface area contributed by atoms with E-state index in [9.17, 15) is 0 Å². The molecule has 0 saturated heterocycles. The fraction of sp³-hybridized carbons (Fsp3) is 0.533. The number of aliphatic hydroxyl groups excluding tert-OH is 1. The van der Waals surface area contributed by atoms with Gasteiger partial charge in [0.2, 0.25) is 0 Å². The second-order valence-corrected chi connectivity index (χ2v) is 7.06. The highest BCUT2D eigenvalue weighted by atomic mass is 79.9. The Balaban J connectivity index is 2.45. The number of unbranched alkanes of at least 4 members (excludes halogenated alkanes) is 1. The van der Waals surface area contributed by atoms with Crippen LogP contribution in [-0.2, 0) is 6.61 Å². The van der Waals surface area contributed by atoms with Crippen LogP contribution < -0.4 is 4.74 Å². The molecule has 0 radical (unpaired) electrons. The first-order chi connectivity index (χ1) is 9.39. The van der Waals surface area contributed by atoms with Gasteiger partial charge in [-0.15, -0.1) is 0 Å². The molecule has 20 heavy (non-hydrogen) atoms. The molecule has 0 unspecified atom stereocenters. The maximum Gasteiger partial charge on any atom is 0.147 e. The lowest BCUT2D eigenvalue weighted by atomic mass is 9.89. The minimum absolute atomic E-state index is 0.000717. The molecule has 0 aliphatic rings. The van der Waals surface area contributed by atoms with Gasteiger partial charge in [0.15, 0.2) is 0 Å². The van der Waals surface area contributed by atoms with Crippen molar-refractivity contribution in [2.75, 3.05) is 6.61 Å². The smallest absolute Gasteiger partial charge is 0.147 e. The molecule has 110 valence electrons. The lowest BCUT2D eigenvalue weighted by molar-refractivity contribution is 0.279. The molecule has 3 nitrogen and oxygen atoms in total. The van der Waals surface area contributed by atoms with E-state index in [4.69, 9.17) is 15.1 Å². The Morgan fingerprint density at radius 2 is 1.85 bits per heavy atom. The standard InChI is InChI=1S/C15H19Br2NO2/c1-15(2,10-18)5-3-4-6-20-14-12(16)7-11(9-19)8-13(14)17/h7-8,19H,3-6,9H2,1-2H3. The van der Waals surface area contributed by atoms with Crippen molar-refractivity contribution in [1.82, 2.24) is 0 Å². The van der Waals surface area contributed by atoms with Crippen LogP contribution in [0.3, 0.4) is 0 Å². The number of aliphatic hydroxyl groups is 1. The van der Waals surface area contributed by atoms with Gasteiger partial charge in [-0.25, -0.2) is 0 Å². The number of rotatable bonds is 7. The molecule has 0 aromatic heterocycles. The lowest BCUT2D eigenvalue weighted by Gasteiger charge is -2.15. The average Bonchev–Trinajstić information content (AvgIpc) is 2.40. The highest BCUT2D eigenvalue weighted by Gasteiger charge is 2.15. The van der Waals surface area contributed by atoms with Gasteiger partial charge < -0.3 is 9.84 Å².